The minimum absolute atomic E-state index is 0.0222. The zero-order valence-corrected chi connectivity index (χ0v) is 18.0. The molecule has 7 heteroatoms. The molecule has 1 aromatic carbocycles. The van der Waals surface area contributed by atoms with Crippen molar-refractivity contribution in [1.82, 2.24) is 4.90 Å². The molecular weight excluding hydrogens is 376 g/mol. The molecule has 0 N–H and O–H groups in total. The van der Waals surface area contributed by atoms with Gasteiger partial charge in [-0.15, -0.1) is 0 Å². The van der Waals surface area contributed by atoms with Crippen molar-refractivity contribution in [3.63, 3.8) is 0 Å². The van der Waals surface area contributed by atoms with E-state index in [-0.39, 0.29) is 42.2 Å². The normalized spacial score (nSPS) is 14.9. The van der Waals surface area contributed by atoms with E-state index in [9.17, 15) is 18.0 Å². The average molecular weight is 409 g/mol. The van der Waals surface area contributed by atoms with E-state index in [2.05, 4.69) is 0 Å². The first-order chi connectivity index (χ1) is 13.2. The van der Waals surface area contributed by atoms with Gasteiger partial charge >= 0.3 is 0 Å². The average Bonchev–Trinajstić information content (AvgIpc) is 2.64. The number of sulfone groups is 1. The van der Waals surface area contributed by atoms with Crippen molar-refractivity contribution in [3.8, 4) is 0 Å². The second-order valence-electron chi connectivity index (χ2n) is 8.02. The first-order valence-corrected chi connectivity index (χ1v) is 11.9. The number of carbonyl (C=O) groups excluding carboxylic acids is 2. The Labute approximate surface area is 168 Å². The second-order valence-corrected chi connectivity index (χ2v) is 10.2. The predicted octanol–water partition coefficient (Wildman–Crippen LogP) is 2.80. The van der Waals surface area contributed by atoms with Crippen molar-refractivity contribution < 1.29 is 18.0 Å². The van der Waals surface area contributed by atoms with E-state index in [1.54, 1.807) is 17.0 Å². The van der Waals surface area contributed by atoms with Crippen LogP contribution in [0.25, 0.3) is 0 Å². The van der Waals surface area contributed by atoms with Gasteiger partial charge in [-0.1, -0.05) is 31.5 Å². The standard InChI is InChI=1S/C21H32N2O4S/c1-17(2)16-28(26,27)14-11-20(24)23(19-9-7-18(3)8-10-19)15-21(25)22-12-5-4-6-13-22/h7-10,17H,4-6,11-16H2,1-3H3. The van der Waals surface area contributed by atoms with Gasteiger partial charge in [0.2, 0.25) is 11.8 Å². The van der Waals surface area contributed by atoms with Gasteiger partial charge in [0.1, 0.15) is 6.54 Å². The lowest BCUT2D eigenvalue weighted by Crippen LogP contribution is -2.45. The Balaban J connectivity index is 2.12. The van der Waals surface area contributed by atoms with Crippen LogP contribution in [0.3, 0.4) is 0 Å². The van der Waals surface area contributed by atoms with Crippen molar-refractivity contribution in [2.45, 2.75) is 46.5 Å². The maximum Gasteiger partial charge on any atom is 0.242 e. The van der Waals surface area contributed by atoms with Gasteiger partial charge in [-0.2, -0.15) is 0 Å². The number of hydrogen-bond donors (Lipinski definition) is 0. The van der Waals surface area contributed by atoms with Gasteiger partial charge in [0.15, 0.2) is 9.84 Å². The summed E-state index contributed by atoms with van der Waals surface area (Å²) >= 11 is 0. The number of anilines is 1. The molecule has 0 aliphatic carbocycles. The first kappa shape index (κ1) is 22.4. The summed E-state index contributed by atoms with van der Waals surface area (Å²) < 4.78 is 24.3. The molecule has 1 heterocycles. The van der Waals surface area contributed by atoms with E-state index < -0.39 is 9.84 Å². The van der Waals surface area contributed by atoms with Gasteiger partial charge in [-0.25, -0.2) is 8.42 Å². The van der Waals surface area contributed by atoms with E-state index in [1.807, 2.05) is 32.9 Å². The maximum atomic E-state index is 12.9. The summed E-state index contributed by atoms with van der Waals surface area (Å²) in [7, 11) is -3.29. The molecule has 28 heavy (non-hydrogen) atoms. The molecule has 2 rings (SSSR count). The van der Waals surface area contributed by atoms with Gasteiger partial charge in [-0.3, -0.25) is 9.59 Å². The van der Waals surface area contributed by atoms with Crippen LogP contribution in [-0.2, 0) is 19.4 Å². The molecule has 2 amide bonds. The van der Waals surface area contributed by atoms with E-state index in [1.165, 1.54) is 4.90 Å². The lowest BCUT2D eigenvalue weighted by molar-refractivity contribution is -0.132. The fraction of sp³-hybridized carbons (Fsp3) is 0.619. The summed E-state index contributed by atoms with van der Waals surface area (Å²) in [5.41, 5.74) is 1.68. The van der Waals surface area contributed by atoms with E-state index >= 15 is 0 Å². The third-order valence-electron chi connectivity index (χ3n) is 4.86. The van der Waals surface area contributed by atoms with E-state index in [4.69, 9.17) is 0 Å². The molecule has 0 spiro atoms. The van der Waals surface area contributed by atoms with Crippen molar-refractivity contribution in [2.24, 2.45) is 5.92 Å². The Bertz CT molecular complexity index is 766. The lowest BCUT2D eigenvalue weighted by atomic mass is 10.1. The molecule has 1 fully saturated rings. The number of nitrogens with zero attached hydrogens (tertiary/aromatic N) is 2. The van der Waals surface area contributed by atoms with Crippen LogP contribution < -0.4 is 4.90 Å². The molecular formula is C21H32N2O4S. The summed E-state index contributed by atoms with van der Waals surface area (Å²) in [5.74, 6) is -0.517. The number of hydrogen-bond acceptors (Lipinski definition) is 4. The third kappa shape index (κ3) is 6.93. The molecule has 156 valence electrons. The van der Waals surface area contributed by atoms with Crippen LogP contribution in [0.5, 0.6) is 0 Å². The molecule has 1 saturated heterocycles. The smallest absolute Gasteiger partial charge is 0.242 e. The van der Waals surface area contributed by atoms with Crippen LogP contribution in [-0.4, -0.2) is 56.3 Å². The van der Waals surface area contributed by atoms with Crippen molar-refractivity contribution in [3.05, 3.63) is 29.8 Å². The minimum atomic E-state index is -3.29. The molecule has 1 aliphatic heterocycles. The third-order valence-corrected chi connectivity index (χ3v) is 6.86. The topological polar surface area (TPSA) is 74.8 Å². The highest BCUT2D eigenvalue weighted by molar-refractivity contribution is 7.91. The number of rotatable bonds is 8. The summed E-state index contributed by atoms with van der Waals surface area (Å²) in [4.78, 5) is 28.8. The van der Waals surface area contributed by atoms with Gasteiger partial charge in [0.05, 0.1) is 11.5 Å². The molecule has 1 aromatic rings. The van der Waals surface area contributed by atoms with Crippen molar-refractivity contribution in [2.75, 3.05) is 36.0 Å². The summed E-state index contributed by atoms with van der Waals surface area (Å²) in [6.45, 7) is 7.03. The summed E-state index contributed by atoms with van der Waals surface area (Å²) in [5, 5.41) is 0. The van der Waals surface area contributed by atoms with Gasteiger partial charge in [0, 0.05) is 25.2 Å². The zero-order valence-electron chi connectivity index (χ0n) is 17.2. The lowest BCUT2D eigenvalue weighted by Gasteiger charge is -2.30. The second kappa shape index (κ2) is 10.0. The summed E-state index contributed by atoms with van der Waals surface area (Å²) in [6.07, 6.45) is 2.98. The van der Waals surface area contributed by atoms with E-state index in [0.29, 0.717) is 5.69 Å². The Hall–Kier alpha value is -1.89. The maximum absolute atomic E-state index is 12.9. The fourth-order valence-electron chi connectivity index (χ4n) is 3.40. The number of amides is 2. The highest BCUT2D eigenvalue weighted by Crippen LogP contribution is 2.18. The highest BCUT2D eigenvalue weighted by atomic mass is 32.2. The van der Waals surface area contributed by atoms with Crippen LogP contribution in [0, 0.1) is 12.8 Å². The molecule has 0 saturated carbocycles. The van der Waals surface area contributed by atoms with Gasteiger partial charge in [-0.05, 0) is 44.2 Å². The van der Waals surface area contributed by atoms with Gasteiger partial charge in [0.25, 0.3) is 0 Å². The Morgan fingerprint density at radius 1 is 1.07 bits per heavy atom. The van der Waals surface area contributed by atoms with Crippen LogP contribution in [0.15, 0.2) is 24.3 Å². The van der Waals surface area contributed by atoms with Crippen LogP contribution in [0.2, 0.25) is 0 Å². The first-order valence-electron chi connectivity index (χ1n) is 10.0. The monoisotopic (exact) mass is 408 g/mol. The van der Waals surface area contributed by atoms with Crippen molar-refractivity contribution in [1.29, 1.82) is 0 Å². The molecule has 1 aliphatic rings. The number of carbonyl (C=O) groups is 2. The van der Waals surface area contributed by atoms with Crippen LogP contribution >= 0.6 is 0 Å². The largest absolute Gasteiger partial charge is 0.341 e. The quantitative estimate of drug-likeness (QED) is 0.663. The number of aryl methyl sites for hydroxylation is 1. The molecule has 0 unspecified atom stereocenters. The van der Waals surface area contributed by atoms with E-state index in [0.717, 1.165) is 37.9 Å². The number of benzene rings is 1. The van der Waals surface area contributed by atoms with Crippen LogP contribution in [0.4, 0.5) is 5.69 Å². The Kier molecular flexibility index (Phi) is 8.04. The molecule has 6 nitrogen and oxygen atoms in total. The van der Waals surface area contributed by atoms with Gasteiger partial charge < -0.3 is 9.80 Å². The molecule has 0 radical (unpaired) electrons. The van der Waals surface area contributed by atoms with Crippen LogP contribution in [0.1, 0.15) is 45.1 Å². The fourth-order valence-corrected chi connectivity index (χ4v) is 5.06. The number of likely N-dealkylation sites (tertiary alicyclic amines) is 1. The molecule has 0 atom stereocenters. The molecule has 0 bridgehead atoms. The zero-order chi connectivity index (χ0) is 20.7. The highest BCUT2D eigenvalue weighted by Gasteiger charge is 2.25. The summed E-state index contributed by atoms with van der Waals surface area (Å²) in [6, 6.07) is 7.38. The molecule has 0 aromatic heterocycles. The number of piperidine rings is 1. The van der Waals surface area contributed by atoms with Crippen molar-refractivity contribution >= 4 is 27.3 Å². The predicted molar refractivity (Wildman–Crippen MR) is 112 cm³/mol. The Morgan fingerprint density at radius 3 is 2.25 bits per heavy atom. The SMILES string of the molecule is Cc1ccc(N(CC(=O)N2CCCCC2)C(=O)CCS(=O)(=O)CC(C)C)cc1. The minimum Gasteiger partial charge on any atom is -0.341 e. The Morgan fingerprint density at radius 2 is 1.68 bits per heavy atom.